The van der Waals surface area contributed by atoms with E-state index in [-0.39, 0.29) is 12.3 Å². The van der Waals surface area contributed by atoms with Crippen molar-refractivity contribution in [1.82, 2.24) is 10.2 Å². The maximum Gasteiger partial charge on any atom is 0.408 e. The van der Waals surface area contributed by atoms with Crippen LogP contribution in [0.3, 0.4) is 0 Å². The van der Waals surface area contributed by atoms with Crippen LogP contribution in [-0.2, 0) is 19.1 Å². The Labute approximate surface area is 132 Å². The molecular weight excluding hydrogens is 288 g/mol. The van der Waals surface area contributed by atoms with Crippen LogP contribution in [0.4, 0.5) is 4.79 Å². The fraction of sp³-hybridized carbons (Fsp3) is 0.800. The molecule has 0 aromatic carbocycles. The molecule has 0 saturated carbocycles. The molecule has 0 aliphatic carbocycles. The van der Waals surface area contributed by atoms with E-state index in [1.54, 1.807) is 55.6 Å². The van der Waals surface area contributed by atoms with E-state index in [4.69, 9.17) is 9.47 Å². The fourth-order valence-electron chi connectivity index (χ4n) is 1.37. The van der Waals surface area contributed by atoms with E-state index in [2.05, 4.69) is 5.32 Å². The number of hydrogen-bond acceptors (Lipinski definition) is 5. The minimum atomic E-state index is -1.09. The molecule has 128 valence electrons. The summed E-state index contributed by atoms with van der Waals surface area (Å²) in [7, 11) is 3.14. The predicted octanol–water partition coefficient (Wildman–Crippen LogP) is 1.70. The molecule has 0 bridgehead atoms. The van der Waals surface area contributed by atoms with E-state index in [1.165, 1.54) is 4.90 Å². The molecule has 0 aromatic heterocycles. The van der Waals surface area contributed by atoms with Gasteiger partial charge < -0.3 is 19.7 Å². The van der Waals surface area contributed by atoms with Crippen molar-refractivity contribution in [3.05, 3.63) is 0 Å². The van der Waals surface area contributed by atoms with Gasteiger partial charge in [-0.25, -0.2) is 9.59 Å². The van der Waals surface area contributed by atoms with Crippen molar-refractivity contribution in [2.45, 2.75) is 65.2 Å². The normalized spacial score (nSPS) is 13.1. The lowest BCUT2D eigenvalue weighted by Gasteiger charge is -2.26. The molecule has 0 spiro atoms. The van der Waals surface area contributed by atoms with Gasteiger partial charge in [-0.2, -0.15) is 0 Å². The molecule has 1 atom stereocenters. The zero-order valence-electron chi connectivity index (χ0n) is 14.8. The molecule has 0 unspecified atom stereocenters. The summed E-state index contributed by atoms with van der Waals surface area (Å²) in [6.45, 7) is 10.3. The maximum atomic E-state index is 12.2. The SMILES string of the molecule is CN(C)C(=O)C[C@H](NC(=O)OC(C)(C)C)C(=O)OC(C)(C)C. The van der Waals surface area contributed by atoms with Crippen LogP contribution < -0.4 is 5.32 Å². The van der Waals surface area contributed by atoms with E-state index in [9.17, 15) is 14.4 Å². The molecule has 0 saturated heterocycles. The molecule has 2 amide bonds. The van der Waals surface area contributed by atoms with Gasteiger partial charge in [0.2, 0.25) is 5.91 Å². The largest absolute Gasteiger partial charge is 0.458 e. The Morgan fingerprint density at radius 3 is 1.77 bits per heavy atom. The molecule has 0 fully saturated rings. The zero-order valence-corrected chi connectivity index (χ0v) is 14.8. The van der Waals surface area contributed by atoms with E-state index >= 15 is 0 Å². The summed E-state index contributed by atoms with van der Waals surface area (Å²) in [5.41, 5.74) is -1.42. The quantitative estimate of drug-likeness (QED) is 0.798. The predicted molar refractivity (Wildman–Crippen MR) is 82.3 cm³/mol. The third-order valence-corrected chi connectivity index (χ3v) is 2.26. The molecular formula is C15H28N2O5. The molecule has 1 N–H and O–H groups in total. The van der Waals surface area contributed by atoms with Crippen molar-refractivity contribution in [1.29, 1.82) is 0 Å². The number of amides is 2. The van der Waals surface area contributed by atoms with Crippen LogP contribution in [0, 0.1) is 0 Å². The van der Waals surface area contributed by atoms with Gasteiger partial charge in [-0.3, -0.25) is 4.79 Å². The molecule has 0 aliphatic heterocycles. The lowest BCUT2D eigenvalue weighted by molar-refractivity contribution is -0.159. The van der Waals surface area contributed by atoms with E-state index < -0.39 is 29.3 Å². The first-order valence-electron chi connectivity index (χ1n) is 7.14. The van der Waals surface area contributed by atoms with Crippen molar-refractivity contribution in [2.75, 3.05) is 14.1 Å². The number of alkyl carbamates (subject to hydrolysis) is 1. The zero-order chi connectivity index (χ0) is 17.7. The van der Waals surface area contributed by atoms with Gasteiger partial charge >= 0.3 is 12.1 Å². The van der Waals surface area contributed by atoms with E-state index in [0.717, 1.165) is 0 Å². The molecule has 0 rings (SSSR count). The Morgan fingerprint density at radius 1 is 0.955 bits per heavy atom. The summed E-state index contributed by atoms with van der Waals surface area (Å²) in [6.07, 6.45) is -0.962. The number of carbonyl (C=O) groups is 3. The Morgan fingerprint density at radius 2 is 1.41 bits per heavy atom. The third kappa shape index (κ3) is 9.20. The van der Waals surface area contributed by atoms with Gasteiger partial charge in [0.1, 0.15) is 17.2 Å². The number of hydrogen-bond donors (Lipinski definition) is 1. The summed E-state index contributed by atoms with van der Waals surface area (Å²) < 4.78 is 10.3. The maximum absolute atomic E-state index is 12.2. The van der Waals surface area contributed by atoms with Crippen molar-refractivity contribution >= 4 is 18.0 Å². The lowest BCUT2D eigenvalue weighted by Crippen LogP contribution is -2.48. The van der Waals surface area contributed by atoms with Crippen LogP contribution in [0.1, 0.15) is 48.0 Å². The summed E-state index contributed by atoms with van der Waals surface area (Å²) in [4.78, 5) is 37.1. The topological polar surface area (TPSA) is 84.9 Å². The number of carbonyl (C=O) groups excluding carboxylic acids is 3. The average molecular weight is 316 g/mol. The number of nitrogens with zero attached hydrogens (tertiary/aromatic N) is 1. The molecule has 0 aromatic rings. The Balaban J connectivity index is 4.97. The first-order chi connectivity index (χ1) is 9.71. The number of nitrogens with one attached hydrogen (secondary N) is 1. The van der Waals surface area contributed by atoms with Crippen LogP contribution in [0.5, 0.6) is 0 Å². The van der Waals surface area contributed by atoms with Gasteiger partial charge in [0.15, 0.2) is 0 Å². The Kier molecular flexibility index (Phi) is 6.86. The van der Waals surface area contributed by atoms with Gasteiger partial charge in [-0.05, 0) is 41.5 Å². The number of esters is 1. The molecule has 22 heavy (non-hydrogen) atoms. The molecule has 0 heterocycles. The first kappa shape index (κ1) is 20.2. The fourth-order valence-corrected chi connectivity index (χ4v) is 1.37. The second-order valence-corrected chi connectivity index (χ2v) is 7.22. The third-order valence-electron chi connectivity index (χ3n) is 2.26. The minimum Gasteiger partial charge on any atom is -0.458 e. The summed E-state index contributed by atoms with van der Waals surface area (Å²) in [5, 5.41) is 2.40. The Bertz CT molecular complexity index is 419. The average Bonchev–Trinajstić information content (AvgIpc) is 2.22. The number of rotatable bonds is 4. The van der Waals surface area contributed by atoms with E-state index in [1.807, 2.05) is 0 Å². The number of ether oxygens (including phenoxy) is 2. The summed E-state index contributed by atoms with van der Waals surface area (Å²) >= 11 is 0. The monoisotopic (exact) mass is 316 g/mol. The summed E-state index contributed by atoms with van der Waals surface area (Å²) in [6, 6.07) is -1.09. The van der Waals surface area contributed by atoms with Gasteiger partial charge in [-0.1, -0.05) is 0 Å². The molecule has 0 aliphatic rings. The molecule has 7 heteroatoms. The minimum absolute atomic E-state index is 0.193. The van der Waals surface area contributed by atoms with Crippen LogP contribution in [0.15, 0.2) is 0 Å². The van der Waals surface area contributed by atoms with Crippen LogP contribution in [0.2, 0.25) is 0 Å². The molecule has 0 radical (unpaired) electrons. The highest BCUT2D eigenvalue weighted by Gasteiger charge is 2.30. The van der Waals surface area contributed by atoms with Crippen molar-refractivity contribution < 1.29 is 23.9 Å². The second kappa shape index (κ2) is 7.47. The van der Waals surface area contributed by atoms with Crippen molar-refractivity contribution in [3.63, 3.8) is 0 Å². The highest BCUT2D eigenvalue weighted by Crippen LogP contribution is 2.12. The Hall–Kier alpha value is -1.79. The lowest BCUT2D eigenvalue weighted by atomic mass is 10.1. The van der Waals surface area contributed by atoms with E-state index in [0.29, 0.717) is 0 Å². The van der Waals surface area contributed by atoms with Crippen molar-refractivity contribution in [2.24, 2.45) is 0 Å². The highest BCUT2D eigenvalue weighted by molar-refractivity contribution is 5.88. The van der Waals surface area contributed by atoms with Gasteiger partial charge in [0, 0.05) is 14.1 Å². The van der Waals surface area contributed by atoms with Gasteiger partial charge in [-0.15, -0.1) is 0 Å². The second-order valence-electron chi connectivity index (χ2n) is 7.22. The molecule has 7 nitrogen and oxygen atoms in total. The smallest absolute Gasteiger partial charge is 0.408 e. The standard InChI is InChI=1S/C15H28N2O5/c1-14(2,3)21-12(19)10(9-11(18)17(7)8)16-13(20)22-15(4,5)6/h10H,9H2,1-8H3,(H,16,20)/t10-/m0/s1. The summed E-state index contributed by atoms with van der Waals surface area (Å²) in [5.74, 6) is -0.972. The van der Waals surface area contributed by atoms with Crippen LogP contribution in [0.25, 0.3) is 0 Å². The van der Waals surface area contributed by atoms with Gasteiger partial charge in [0.05, 0.1) is 6.42 Å². The van der Waals surface area contributed by atoms with Crippen molar-refractivity contribution in [3.8, 4) is 0 Å². The highest BCUT2D eigenvalue weighted by atomic mass is 16.6. The van der Waals surface area contributed by atoms with Gasteiger partial charge in [0.25, 0.3) is 0 Å². The van der Waals surface area contributed by atoms with Crippen LogP contribution in [-0.4, -0.2) is 54.2 Å². The van der Waals surface area contributed by atoms with Crippen LogP contribution >= 0.6 is 0 Å². The first-order valence-corrected chi connectivity index (χ1v) is 7.14.